The van der Waals surface area contributed by atoms with Gasteiger partial charge in [-0.3, -0.25) is 0 Å². The summed E-state index contributed by atoms with van der Waals surface area (Å²) in [4.78, 5) is 12.7. The number of aryl methyl sites for hydroxylation is 1. The molecule has 3 nitrogen and oxygen atoms in total. The summed E-state index contributed by atoms with van der Waals surface area (Å²) in [7, 11) is 0. The monoisotopic (exact) mass is 725 g/mol. The highest BCUT2D eigenvalue weighted by Gasteiger charge is 2.51. The fourth-order valence-electron chi connectivity index (χ4n) is 8.88. The third kappa shape index (κ3) is 5.43. The predicted molar refractivity (Wildman–Crippen MR) is 228 cm³/mol. The lowest BCUT2D eigenvalue weighted by Crippen LogP contribution is -2.32. The van der Waals surface area contributed by atoms with E-state index in [9.17, 15) is 0 Å². The first-order valence-corrected chi connectivity index (χ1v) is 19.9. The molecule has 0 radical (unpaired) electrons. The van der Waals surface area contributed by atoms with Gasteiger partial charge in [-0.2, -0.15) is 0 Å². The summed E-state index contributed by atoms with van der Waals surface area (Å²) in [6.07, 6.45) is 14.4. The molecule has 2 heterocycles. The normalized spacial score (nSPS) is 16.8. The van der Waals surface area contributed by atoms with Crippen LogP contribution >= 0.6 is 11.8 Å². The molecule has 0 amide bonds. The zero-order chi connectivity index (χ0) is 36.9. The summed E-state index contributed by atoms with van der Waals surface area (Å²) in [6.45, 7) is 2.15. The van der Waals surface area contributed by atoms with Crippen LogP contribution in [0.5, 0.6) is 0 Å². The van der Waals surface area contributed by atoms with Crippen molar-refractivity contribution in [3.05, 3.63) is 209 Å². The van der Waals surface area contributed by atoms with Crippen molar-refractivity contribution in [2.75, 3.05) is 0 Å². The third-order valence-electron chi connectivity index (χ3n) is 11.5. The molecule has 55 heavy (non-hydrogen) atoms. The molecule has 1 aliphatic heterocycles. The van der Waals surface area contributed by atoms with Crippen LogP contribution in [-0.2, 0) is 11.8 Å². The van der Waals surface area contributed by atoms with E-state index in [1.165, 1.54) is 65.4 Å². The SMILES string of the molecule is CC(/C=C\C=C/N)c1cc(-c2ccc(-c3ccc4c(c3)C3(c5ccccc5S4)c4ccccc4-c4c3ccc3c4C=CCC3)cc2)nc(-c2ccccc2)n1. The zero-order valence-electron chi connectivity index (χ0n) is 30.6. The smallest absolute Gasteiger partial charge is 0.160 e. The Bertz CT molecular complexity index is 2710. The first-order valence-electron chi connectivity index (χ1n) is 19.1. The van der Waals surface area contributed by atoms with Crippen molar-refractivity contribution < 1.29 is 0 Å². The van der Waals surface area contributed by atoms with Crippen LogP contribution in [0, 0.1) is 0 Å². The molecule has 0 fully saturated rings. The highest BCUT2D eigenvalue weighted by atomic mass is 32.2. The minimum absolute atomic E-state index is 0.0814. The standard InChI is InChI=1S/C51H39N3S/c1-33(13-11-12-30-52)45-32-46(54-50(53-45)37-15-3-2-4-16-37)36-24-22-34(23-25-36)38-27-29-48-44(31-38)51(42-20-9-10-21-47(42)55-48)41-19-8-7-18-40(41)49-39-17-6-5-14-35(39)26-28-43(49)51/h2-4,6-13,15-33H,5,14,52H2,1H3/b13-11-,30-12-. The average molecular weight is 726 g/mol. The van der Waals surface area contributed by atoms with Crippen molar-refractivity contribution in [2.24, 2.45) is 5.73 Å². The summed E-state index contributed by atoms with van der Waals surface area (Å²) in [5, 5.41) is 0. The number of nitrogens with zero attached hydrogens (tertiary/aromatic N) is 2. The lowest BCUT2D eigenvalue weighted by atomic mass is 9.66. The van der Waals surface area contributed by atoms with Gasteiger partial charge >= 0.3 is 0 Å². The Kier molecular flexibility index (Phi) is 8.22. The molecule has 4 heteroatoms. The number of benzene rings is 6. The molecule has 0 bridgehead atoms. The molecule has 2 N–H and O–H groups in total. The van der Waals surface area contributed by atoms with Crippen LogP contribution in [0.25, 0.3) is 51.0 Å². The Labute approximate surface area is 327 Å². The van der Waals surface area contributed by atoms with E-state index in [-0.39, 0.29) is 5.92 Å². The Morgan fingerprint density at radius 3 is 2.25 bits per heavy atom. The number of fused-ring (bicyclic) bond motifs is 11. The molecular weight excluding hydrogens is 687 g/mol. The lowest BCUT2D eigenvalue weighted by Gasteiger charge is -2.40. The van der Waals surface area contributed by atoms with Gasteiger partial charge in [-0.15, -0.1) is 0 Å². The summed E-state index contributed by atoms with van der Waals surface area (Å²) < 4.78 is 0. The molecule has 2 aliphatic carbocycles. The number of hydrogen-bond acceptors (Lipinski definition) is 4. The molecule has 2 atom stereocenters. The second-order valence-electron chi connectivity index (χ2n) is 14.6. The van der Waals surface area contributed by atoms with E-state index >= 15 is 0 Å². The van der Waals surface area contributed by atoms with E-state index in [0.29, 0.717) is 0 Å². The van der Waals surface area contributed by atoms with Gasteiger partial charge in [0.2, 0.25) is 0 Å². The molecular formula is C51H39N3S. The highest BCUT2D eigenvalue weighted by molar-refractivity contribution is 7.99. The van der Waals surface area contributed by atoms with Crippen molar-refractivity contribution >= 4 is 17.8 Å². The van der Waals surface area contributed by atoms with Gasteiger partial charge in [-0.25, -0.2) is 9.97 Å². The first-order chi connectivity index (χ1) is 27.1. The van der Waals surface area contributed by atoms with Gasteiger partial charge in [-0.1, -0.05) is 158 Å². The average Bonchev–Trinajstić information content (AvgIpc) is 3.55. The van der Waals surface area contributed by atoms with Gasteiger partial charge in [-0.05, 0) is 105 Å². The van der Waals surface area contributed by atoms with Crippen LogP contribution in [0.2, 0.25) is 0 Å². The predicted octanol–water partition coefficient (Wildman–Crippen LogP) is 12.4. The molecule has 264 valence electrons. The lowest BCUT2D eigenvalue weighted by molar-refractivity contribution is 0.722. The maximum Gasteiger partial charge on any atom is 0.160 e. The quantitative estimate of drug-likeness (QED) is 0.173. The maximum absolute atomic E-state index is 5.59. The van der Waals surface area contributed by atoms with Crippen LogP contribution in [-0.4, -0.2) is 9.97 Å². The second-order valence-corrected chi connectivity index (χ2v) is 15.7. The first kappa shape index (κ1) is 33.3. The molecule has 1 spiro atoms. The topological polar surface area (TPSA) is 51.8 Å². The number of allylic oxidation sites excluding steroid dienone is 4. The van der Waals surface area contributed by atoms with Crippen molar-refractivity contribution in [2.45, 2.75) is 40.9 Å². The van der Waals surface area contributed by atoms with Gasteiger partial charge < -0.3 is 5.73 Å². The van der Waals surface area contributed by atoms with E-state index in [0.717, 1.165) is 41.2 Å². The van der Waals surface area contributed by atoms with Crippen LogP contribution in [0.15, 0.2) is 180 Å². The fourth-order valence-corrected chi connectivity index (χ4v) is 10.1. The summed E-state index contributed by atoms with van der Waals surface area (Å²) in [5.41, 5.74) is 22.5. The number of aromatic nitrogens is 2. The highest BCUT2D eigenvalue weighted by Crippen LogP contribution is 2.63. The van der Waals surface area contributed by atoms with E-state index in [1.807, 2.05) is 42.1 Å². The Hall–Kier alpha value is -6.23. The second kappa shape index (κ2) is 13.6. The molecule has 3 aliphatic rings. The summed E-state index contributed by atoms with van der Waals surface area (Å²) in [6, 6.07) is 51.3. The summed E-state index contributed by atoms with van der Waals surface area (Å²) >= 11 is 1.89. The molecule has 10 rings (SSSR count). The summed E-state index contributed by atoms with van der Waals surface area (Å²) in [5.74, 6) is 0.802. The van der Waals surface area contributed by atoms with E-state index in [2.05, 4.69) is 146 Å². The molecule has 0 saturated carbocycles. The van der Waals surface area contributed by atoms with Crippen LogP contribution < -0.4 is 5.73 Å². The van der Waals surface area contributed by atoms with E-state index < -0.39 is 5.41 Å². The van der Waals surface area contributed by atoms with Gasteiger partial charge in [0.25, 0.3) is 0 Å². The van der Waals surface area contributed by atoms with E-state index in [1.54, 1.807) is 6.20 Å². The van der Waals surface area contributed by atoms with Crippen molar-refractivity contribution in [1.82, 2.24) is 9.97 Å². The molecule has 6 aromatic carbocycles. The van der Waals surface area contributed by atoms with Crippen molar-refractivity contribution in [3.63, 3.8) is 0 Å². The van der Waals surface area contributed by atoms with Gasteiger partial charge in [0.1, 0.15) is 0 Å². The number of nitrogens with two attached hydrogens (primary N) is 1. The van der Waals surface area contributed by atoms with Crippen molar-refractivity contribution in [3.8, 4) is 44.9 Å². The van der Waals surface area contributed by atoms with Crippen LogP contribution in [0.4, 0.5) is 0 Å². The largest absolute Gasteiger partial charge is 0.405 e. The van der Waals surface area contributed by atoms with Crippen molar-refractivity contribution in [1.29, 1.82) is 0 Å². The zero-order valence-corrected chi connectivity index (χ0v) is 31.4. The van der Waals surface area contributed by atoms with Gasteiger partial charge in [0.15, 0.2) is 5.82 Å². The molecule has 0 saturated heterocycles. The van der Waals surface area contributed by atoms with Gasteiger partial charge in [0, 0.05) is 26.8 Å². The van der Waals surface area contributed by atoms with Gasteiger partial charge in [0.05, 0.1) is 16.8 Å². The van der Waals surface area contributed by atoms with Crippen LogP contribution in [0.1, 0.15) is 58.3 Å². The van der Waals surface area contributed by atoms with Crippen LogP contribution in [0.3, 0.4) is 0 Å². The number of hydrogen-bond donors (Lipinski definition) is 1. The molecule has 1 aromatic heterocycles. The van der Waals surface area contributed by atoms with E-state index in [4.69, 9.17) is 15.7 Å². The molecule has 7 aromatic rings. The number of rotatable bonds is 6. The Morgan fingerprint density at radius 1 is 0.655 bits per heavy atom. The maximum atomic E-state index is 5.59. The Morgan fingerprint density at radius 2 is 1.40 bits per heavy atom. The Balaban J connectivity index is 1.10. The minimum atomic E-state index is -0.421. The molecule has 2 unspecified atom stereocenters. The minimum Gasteiger partial charge on any atom is -0.405 e. The fraction of sp³-hybridized carbons (Fsp3) is 0.0980. The third-order valence-corrected chi connectivity index (χ3v) is 12.6.